The first-order valence-electron chi connectivity index (χ1n) is 1.00. The van der Waals surface area contributed by atoms with Gasteiger partial charge in [-0.15, -0.1) is 0 Å². The Morgan fingerprint density at radius 1 is 1.25 bits per heavy atom. The van der Waals surface area contributed by atoms with E-state index in [1.165, 1.54) is 10.1 Å². The summed E-state index contributed by atoms with van der Waals surface area (Å²) in [6, 6.07) is 0. The molecule has 0 N–H and O–H groups in total. The van der Waals surface area contributed by atoms with Crippen LogP contribution in [-0.2, 0) is 0 Å². The zero-order chi connectivity index (χ0) is 2.00. The van der Waals surface area contributed by atoms with Gasteiger partial charge in [0.25, 0.3) is 0 Å². The van der Waals surface area contributed by atoms with E-state index in [1.54, 1.807) is 0 Å². The molecule has 0 saturated carbocycles. The maximum atomic E-state index is 2.14. The summed E-state index contributed by atoms with van der Waals surface area (Å²) in [4.78, 5) is 0. The Morgan fingerprint density at radius 2 is 1.25 bits per heavy atom. The van der Waals surface area contributed by atoms with Crippen LogP contribution in [0.5, 0.6) is 0 Å². The molecule has 0 spiro atoms. The number of hydrogen-bond donors (Lipinski definition) is 0. The predicted octanol–water partition coefficient (Wildman–Crippen LogP) is -4.20. The summed E-state index contributed by atoms with van der Waals surface area (Å²) >= 11 is 0. The first-order valence-corrected chi connectivity index (χ1v) is 3.00. The van der Waals surface area contributed by atoms with E-state index in [1.807, 2.05) is 0 Å². The van der Waals surface area contributed by atoms with Crippen LogP contribution in [0.3, 0.4) is 0 Å². The van der Waals surface area contributed by atoms with Gasteiger partial charge in [-0.25, -0.2) is 0 Å². The first kappa shape index (κ1) is 17.2. The van der Waals surface area contributed by atoms with Crippen LogP contribution >= 0.6 is 0 Å². The van der Waals surface area contributed by atoms with E-state index in [9.17, 15) is 0 Å². The second-order valence-electron chi connectivity index (χ2n) is 0. The Morgan fingerprint density at radius 3 is 1.25 bits per heavy atom. The van der Waals surface area contributed by atoms with Gasteiger partial charge in [-0.1, -0.05) is 0 Å². The topological polar surface area (TPSA) is 0 Å². The van der Waals surface area contributed by atoms with Gasteiger partial charge in [0.2, 0.25) is 0 Å². The molecule has 2 radical (unpaired) electrons. The molecule has 0 aliphatic carbocycles. The minimum absolute atomic E-state index is 0. The Balaban J connectivity index is -0.00000000500. The van der Waals surface area contributed by atoms with E-state index in [2.05, 4.69) is 7.44 Å². The summed E-state index contributed by atoms with van der Waals surface area (Å²) in [5.41, 5.74) is 0. The molecule has 4 heteroatoms. The number of rotatable bonds is 0. The van der Waals surface area contributed by atoms with Gasteiger partial charge >= 0.3 is 27.3 Å². The molecule has 0 aliphatic rings. The molecule has 24 valence electrons. The van der Waals surface area contributed by atoms with E-state index >= 15 is 0 Å². The van der Waals surface area contributed by atoms with Gasteiger partial charge in [-0.2, -0.15) is 0 Å². The van der Waals surface area contributed by atoms with Crippen LogP contribution in [0.15, 0.2) is 0 Å². The zero-order valence-electron chi connectivity index (χ0n) is 2.71. The SMILES string of the molecule is B[SiH3].[AlH3].[PbH2]. The van der Waals surface area contributed by atoms with Gasteiger partial charge in [0.15, 0.2) is 17.4 Å². The van der Waals surface area contributed by atoms with Crippen molar-refractivity contribution in [3.05, 3.63) is 0 Å². The van der Waals surface area contributed by atoms with Crippen molar-refractivity contribution in [2.75, 3.05) is 0 Å². The van der Waals surface area contributed by atoms with Crippen molar-refractivity contribution in [1.29, 1.82) is 0 Å². The normalized spacial score (nSPS) is 2.00. The average molecular weight is 283 g/mol. The van der Waals surface area contributed by atoms with Gasteiger partial charge in [-0.3, -0.25) is 0 Å². The van der Waals surface area contributed by atoms with E-state index in [0.717, 1.165) is 0 Å². The second-order valence-corrected chi connectivity index (χ2v) is 0. The van der Waals surface area contributed by atoms with Gasteiger partial charge < -0.3 is 0 Å². The average Bonchev–Trinajstić information content (AvgIpc) is 1.00. The molecule has 0 amide bonds. The predicted molar refractivity (Wildman–Crippen MR) is 37.0 cm³/mol. The van der Waals surface area contributed by atoms with Crippen molar-refractivity contribution in [2.45, 2.75) is 0 Å². The molecule has 4 heavy (non-hydrogen) atoms. The third-order valence-electron chi connectivity index (χ3n) is 0. The minimum atomic E-state index is 0. The van der Waals surface area contributed by atoms with Crippen molar-refractivity contribution in [3.63, 3.8) is 0 Å². The first-order chi connectivity index (χ1) is 1.00. The second kappa shape index (κ2) is 21.9. The van der Waals surface area contributed by atoms with Crippen molar-refractivity contribution in [3.8, 4) is 0 Å². The standard InChI is InChI=1S/Al.BH5Si.Pb.5H/c;1-2;;;;;;/h;1H2,2H3;;;;;;. The molecule has 0 heterocycles. The zero-order valence-corrected chi connectivity index (χ0v) is 10.2. The monoisotopic (exact) mass is 284 g/mol. The molecule has 0 unspecified atom stereocenters. The molecule has 0 aromatic heterocycles. The van der Waals surface area contributed by atoms with Gasteiger partial charge in [-0.05, 0) is 10.1 Å². The molecule has 0 aromatic rings. The van der Waals surface area contributed by atoms with Crippen molar-refractivity contribution >= 4 is 62.2 Å². The van der Waals surface area contributed by atoms with Crippen LogP contribution in [0.1, 0.15) is 0 Å². The van der Waals surface area contributed by atoms with Gasteiger partial charge in [0, 0.05) is 0 Å². The third-order valence-corrected chi connectivity index (χ3v) is 0. The fourth-order valence-corrected chi connectivity index (χ4v) is 0. The summed E-state index contributed by atoms with van der Waals surface area (Å²) < 4.78 is 0. The quantitative estimate of drug-likeness (QED) is 0.396. The molecular formula is H10AlBPbSi. The summed E-state index contributed by atoms with van der Waals surface area (Å²) in [6.07, 6.45) is 0. The molecule has 0 atom stereocenters. The molecular weight excluding hydrogens is 273 g/mol. The molecule has 0 fully saturated rings. The van der Waals surface area contributed by atoms with Gasteiger partial charge in [0.1, 0.15) is 0 Å². The van der Waals surface area contributed by atoms with Crippen molar-refractivity contribution < 1.29 is 0 Å². The van der Waals surface area contributed by atoms with Gasteiger partial charge in [0.05, 0.1) is 7.44 Å². The molecule has 0 aromatic carbocycles. The van der Waals surface area contributed by atoms with Crippen LogP contribution < -0.4 is 0 Å². The Kier molecular flexibility index (Phi) is 94.2. The van der Waals surface area contributed by atoms with Crippen LogP contribution in [0.25, 0.3) is 0 Å². The summed E-state index contributed by atoms with van der Waals surface area (Å²) in [6.45, 7) is 0. The fourth-order valence-electron chi connectivity index (χ4n) is 0. The molecule has 0 bridgehead atoms. The van der Waals surface area contributed by atoms with Crippen LogP contribution in [0.4, 0.5) is 0 Å². The Bertz CT molecular complexity index is 8.00. The number of hydrogen-bond acceptors (Lipinski definition) is 0. The van der Waals surface area contributed by atoms with E-state index in [-0.39, 0.29) is 44.7 Å². The van der Waals surface area contributed by atoms with Crippen molar-refractivity contribution in [2.24, 2.45) is 0 Å². The van der Waals surface area contributed by atoms with E-state index < -0.39 is 0 Å². The van der Waals surface area contributed by atoms with E-state index in [4.69, 9.17) is 0 Å². The summed E-state index contributed by atoms with van der Waals surface area (Å²) in [5, 5.41) is 0. The molecule has 0 aliphatic heterocycles. The molecule has 0 rings (SSSR count). The van der Waals surface area contributed by atoms with E-state index in [0.29, 0.717) is 0 Å². The maximum absolute atomic E-state index is 2.14. The molecule has 0 nitrogen and oxygen atoms in total. The summed E-state index contributed by atoms with van der Waals surface area (Å²) in [7, 11) is 3.44. The van der Waals surface area contributed by atoms with Crippen molar-refractivity contribution in [1.82, 2.24) is 0 Å². The Labute approximate surface area is 61.8 Å². The Hall–Kier alpha value is 1.74. The van der Waals surface area contributed by atoms with Crippen LogP contribution in [-0.4, -0.2) is 62.2 Å². The molecule has 0 saturated heterocycles. The fraction of sp³-hybridized carbons (Fsp3) is 0. The summed E-state index contributed by atoms with van der Waals surface area (Å²) in [5.74, 6) is 0. The van der Waals surface area contributed by atoms with Crippen LogP contribution in [0, 0.1) is 0 Å². The third kappa shape index (κ3) is 9.28. The van der Waals surface area contributed by atoms with Crippen LogP contribution in [0.2, 0.25) is 0 Å².